The second-order valence-electron chi connectivity index (χ2n) is 3.74. The van der Waals surface area contributed by atoms with Gasteiger partial charge in [0.05, 0.1) is 0 Å². The molecule has 2 heterocycles. The molecule has 0 radical (unpaired) electrons. The second-order valence-corrected chi connectivity index (χ2v) is 3.74. The highest BCUT2D eigenvalue weighted by Gasteiger charge is 2.13. The number of oxazole rings is 1. The minimum Gasteiger partial charge on any atom is -0.448 e. The molecule has 0 aromatic carbocycles. The number of hydrogen-bond acceptors (Lipinski definition) is 3. The highest BCUT2D eigenvalue weighted by Crippen LogP contribution is 2.22. The Labute approximate surface area is 89.0 Å². The molecule has 4 heteroatoms. The Morgan fingerprint density at radius 1 is 1.53 bits per heavy atom. The Kier molecular flexibility index (Phi) is 2.58. The van der Waals surface area contributed by atoms with Crippen molar-refractivity contribution in [3.63, 3.8) is 0 Å². The summed E-state index contributed by atoms with van der Waals surface area (Å²) in [6.45, 7) is 4.23. The highest BCUT2D eigenvalue weighted by atomic mass is 16.3. The first-order valence-electron chi connectivity index (χ1n) is 5.15. The van der Waals surface area contributed by atoms with Gasteiger partial charge in [0.1, 0.15) is 12.0 Å². The number of aromatic nitrogens is 3. The van der Waals surface area contributed by atoms with Crippen LogP contribution in [-0.4, -0.2) is 14.5 Å². The summed E-state index contributed by atoms with van der Waals surface area (Å²) in [5.74, 6) is 1.99. The molecule has 0 saturated carbocycles. The van der Waals surface area contributed by atoms with Crippen molar-refractivity contribution >= 4 is 0 Å². The minimum absolute atomic E-state index is 0.360. The highest BCUT2D eigenvalue weighted by molar-refractivity contribution is 5.47. The van der Waals surface area contributed by atoms with E-state index in [9.17, 15) is 0 Å². The third-order valence-corrected chi connectivity index (χ3v) is 2.61. The van der Waals surface area contributed by atoms with E-state index in [2.05, 4.69) is 23.8 Å². The van der Waals surface area contributed by atoms with Crippen molar-refractivity contribution in [3.05, 3.63) is 24.5 Å². The Morgan fingerprint density at radius 2 is 2.33 bits per heavy atom. The third-order valence-electron chi connectivity index (χ3n) is 2.61. The molecule has 1 atom stereocenters. The van der Waals surface area contributed by atoms with Crippen LogP contribution in [-0.2, 0) is 7.05 Å². The van der Waals surface area contributed by atoms with Crippen LogP contribution >= 0.6 is 0 Å². The Bertz CT molecular complexity index is 444. The molecule has 0 aliphatic heterocycles. The number of nitrogens with zero attached hydrogens (tertiary/aromatic N) is 3. The second kappa shape index (κ2) is 3.88. The van der Waals surface area contributed by atoms with Crippen LogP contribution in [0.15, 0.2) is 23.1 Å². The van der Waals surface area contributed by atoms with Crippen LogP contribution in [0.2, 0.25) is 0 Å². The summed E-state index contributed by atoms with van der Waals surface area (Å²) in [7, 11) is 1.94. The molecule has 0 N–H and O–H groups in total. The summed E-state index contributed by atoms with van der Waals surface area (Å²) >= 11 is 0. The molecule has 0 saturated heterocycles. The van der Waals surface area contributed by atoms with E-state index in [4.69, 9.17) is 4.42 Å². The fourth-order valence-corrected chi connectivity index (χ4v) is 1.40. The molecule has 0 fully saturated rings. The number of rotatable bonds is 3. The lowest BCUT2D eigenvalue weighted by atomic mass is 10.1. The average molecular weight is 205 g/mol. The van der Waals surface area contributed by atoms with Crippen LogP contribution in [0.25, 0.3) is 11.5 Å². The lowest BCUT2D eigenvalue weighted by molar-refractivity contribution is 0.453. The SMILES string of the molecule is CCC(C)c1nc(-c2nccn2C)co1. The van der Waals surface area contributed by atoms with E-state index in [1.165, 1.54) is 0 Å². The molecule has 2 aromatic rings. The van der Waals surface area contributed by atoms with Crippen LogP contribution in [0.5, 0.6) is 0 Å². The minimum atomic E-state index is 0.360. The summed E-state index contributed by atoms with van der Waals surface area (Å²) in [5.41, 5.74) is 0.804. The average Bonchev–Trinajstić information content (AvgIpc) is 2.84. The van der Waals surface area contributed by atoms with Crippen molar-refractivity contribution in [2.45, 2.75) is 26.2 Å². The first-order chi connectivity index (χ1) is 7.22. The maximum Gasteiger partial charge on any atom is 0.197 e. The summed E-state index contributed by atoms with van der Waals surface area (Å²) in [6, 6.07) is 0. The van der Waals surface area contributed by atoms with Crippen molar-refractivity contribution in [3.8, 4) is 11.5 Å². The molecule has 0 aliphatic rings. The third kappa shape index (κ3) is 1.79. The van der Waals surface area contributed by atoms with E-state index in [1.54, 1.807) is 12.5 Å². The van der Waals surface area contributed by atoms with Gasteiger partial charge in [-0.05, 0) is 6.42 Å². The maximum absolute atomic E-state index is 5.43. The predicted molar refractivity (Wildman–Crippen MR) is 57.4 cm³/mol. The number of imidazole rings is 1. The van der Waals surface area contributed by atoms with Crippen LogP contribution in [0.3, 0.4) is 0 Å². The van der Waals surface area contributed by atoms with Gasteiger partial charge in [0.2, 0.25) is 0 Å². The van der Waals surface area contributed by atoms with Gasteiger partial charge in [-0.3, -0.25) is 0 Å². The fourth-order valence-electron chi connectivity index (χ4n) is 1.40. The molecule has 80 valence electrons. The summed E-state index contributed by atoms with van der Waals surface area (Å²) in [4.78, 5) is 8.66. The zero-order chi connectivity index (χ0) is 10.8. The van der Waals surface area contributed by atoms with Crippen LogP contribution in [0, 0.1) is 0 Å². The quantitative estimate of drug-likeness (QED) is 0.773. The van der Waals surface area contributed by atoms with E-state index >= 15 is 0 Å². The van der Waals surface area contributed by atoms with Crippen molar-refractivity contribution in [2.24, 2.45) is 7.05 Å². The fraction of sp³-hybridized carbons (Fsp3) is 0.455. The molecular formula is C11H15N3O. The summed E-state index contributed by atoms with van der Waals surface area (Å²) in [5, 5.41) is 0. The number of aryl methyl sites for hydroxylation is 1. The van der Waals surface area contributed by atoms with Crippen molar-refractivity contribution < 1.29 is 4.42 Å². The largest absolute Gasteiger partial charge is 0.448 e. The van der Waals surface area contributed by atoms with Crippen LogP contribution < -0.4 is 0 Å². The van der Waals surface area contributed by atoms with E-state index in [1.807, 2.05) is 17.8 Å². The summed E-state index contributed by atoms with van der Waals surface area (Å²) in [6.07, 6.45) is 6.35. The molecule has 0 bridgehead atoms. The normalized spacial score (nSPS) is 13.0. The smallest absolute Gasteiger partial charge is 0.197 e. The Balaban J connectivity index is 2.32. The molecule has 0 spiro atoms. The first kappa shape index (κ1) is 9.96. The van der Waals surface area contributed by atoms with Crippen LogP contribution in [0.4, 0.5) is 0 Å². The van der Waals surface area contributed by atoms with E-state index in [0.717, 1.165) is 23.8 Å². The van der Waals surface area contributed by atoms with E-state index < -0.39 is 0 Å². The first-order valence-corrected chi connectivity index (χ1v) is 5.15. The molecule has 4 nitrogen and oxygen atoms in total. The Hall–Kier alpha value is -1.58. The van der Waals surface area contributed by atoms with Gasteiger partial charge in [0, 0.05) is 25.4 Å². The maximum atomic E-state index is 5.43. The van der Waals surface area contributed by atoms with Gasteiger partial charge in [0.25, 0.3) is 0 Å². The molecule has 2 aromatic heterocycles. The lowest BCUT2D eigenvalue weighted by Crippen LogP contribution is -1.94. The van der Waals surface area contributed by atoms with Crippen LogP contribution in [0.1, 0.15) is 32.1 Å². The number of hydrogen-bond donors (Lipinski definition) is 0. The molecule has 0 amide bonds. The van der Waals surface area contributed by atoms with Gasteiger partial charge in [-0.1, -0.05) is 13.8 Å². The van der Waals surface area contributed by atoms with Crippen molar-refractivity contribution in [1.82, 2.24) is 14.5 Å². The van der Waals surface area contributed by atoms with Gasteiger partial charge in [0.15, 0.2) is 11.7 Å². The predicted octanol–water partition coefficient (Wildman–Crippen LogP) is 2.59. The lowest BCUT2D eigenvalue weighted by Gasteiger charge is -2.00. The molecule has 0 aliphatic carbocycles. The zero-order valence-corrected chi connectivity index (χ0v) is 9.27. The molecule has 15 heavy (non-hydrogen) atoms. The molecule has 1 unspecified atom stereocenters. The van der Waals surface area contributed by atoms with Crippen molar-refractivity contribution in [1.29, 1.82) is 0 Å². The topological polar surface area (TPSA) is 43.9 Å². The summed E-state index contributed by atoms with van der Waals surface area (Å²) < 4.78 is 7.36. The van der Waals surface area contributed by atoms with E-state index in [0.29, 0.717) is 5.92 Å². The standard InChI is InChI=1S/C11H15N3O/c1-4-8(2)11-13-9(7-15-11)10-12-5-6-14(10)3/h5-8H,4H2,1-3H3. The molecule has 2 rings (SSSR count). The Morgan fingerprint density at radius 3 is 2.93 bits per heavy atom. The van der Waals surface area contributed by atoms with Gasteiger partial charge < -0.3 is 8.98 Å². The van der Waals surface area contributed by atoms with Gasteiger partial charge >= 0.3 is 0 Å². The van der Waals surface area contributed by atoms with Gasteiger partial charge in [-0.15, -0.1) is 0 Å². The molecular weight excluding hydrogens is 190 g/mol. The monoisotopic (exact) mass is 205 g/mol. The van der Waals surface area contributed by atoms with Gasteiger partial charge in [-0.2, -0.15) is 0 Å². The van der Waals surface area contributed by atoms with Gasteiger partial charge in [-0.25, -0.2) is 9.97 Å². The zero-order valence-electron chi connectivity index (χ0n) is 9.27. The van der Waals surface area contributed by atoms with Crippen molar-refractivity contribution in [2.75, 3.05) is 0 Å². The van der Waals surface area contributed by atoms with E-state index in [-0.39, 0.29) is 0 Å².